The molecule has 0 aliphatic rings. The van der Waals surface area contributed by atoms with Crippen LogP contribution in [0.15, 0.2) is 48.5 Å². The Balaban J connectivity index is 1.80. The van der Waals surface area contributed by atoms with Crippen LogP contribution in [0.1, 0.15) is 16.7 Å². The molecule has 8 heteroatoms. The van der Waals surface area contributed by atoms with Gasteiger partial charge in [-0.2, -0.15) is 18.0 Å². The van der Waals surface area contributed by atoms with Crippen molar-refractivity contribution in [2.45, 2.75) is 19.3 Å². The van der Waals surface area contributed by atoms with Gasteiger partial charge in [0, 0.05) is 5.56 Å². The van der Waals surface area contributed by atoms with Crippen molar-refractivity contribution in [2.75, 3.05) is 0 Å². The van der Waals surface area contributed by atoms with Crippen molar-refractivity contribution in [1.82, 2.24) is 20.2 Å². The van der Waals surface area contributed by atoms with E-state index in [-0.39, 0.29) is 18.0 Å². The first kappa shape index (κ1) is 16.1. The molecule has 0 radical (unpaired) electrons. The Bertz CT molecular complexity index is 828. The number of hydrogen-bond acceptors (Lipinski definition) is 4. The molecule has 0 aliphatic carbocycles. The third-order valence-electron chi connectivity index (χ3n) is 3.43. The minimum Gasteiger partial charge on any atom is -0.392 e. The number of halogens is 3. The maximum Gasteiger partial charge on any atom is 0.416 e. The predicted molar refractivity (Wildman–Crippen MR) is 79.7 cm³/mol. The van der Waals surface area contributed by atoms with Crippen molar-refractivity contribution in [2.24, 2.45) is 0 Å². The second-order valence-corrected chi connectivity index (χ2v) is 5.20. The number of aliphatic hydroxyl groups is 1. The van der Waals surface area contributed by atoms with Crippen LogP contribution < -0.4 is 0 Å². The summed E-state index contributed by atoms with van der Waals surface area (Å²) in [6, 6.07) is 12.0. The molecule has 3 rings (SSSR count). The largest absolute Gasteiger partial charge is 0.416 e. The Kier molecular flexibility index (Phi) is 4.30. The molecule has 24 heavy (non-hydrogen) atoms. The molecule has 0 saturated heterocycles. The molecule has 0 unspecified atom stereocenters. The molecular weight excluding hydrogens is 321 g/mol. The van der Waals surface area contributed by atoms with Crippen LogP contribution in [0.4, 0.5) is 13.2 Å². The summed E-state index contributed by atoms with van der Waals surface area (Å²) < 4.78 is 38.3. The number of benzene rings is 2. The number of hydrogen-bond donors (Lipinski definition) is 1. The van der Waals surface area contributed by atoms with Crippen LogP contribution in [-0.2, 0) is 19.3 Å². The van der Waals surface area contributed by atoms with Gasteiger partial charge in [0.1, 0.15) is 0 Å². The molecule has 124 valence electrons. The van der Waals surface area contributed by atoms with E-state index in [0.717, 1.165) is 23.3 Å². The number of aromatic nitrogens is 4. The van der Waals surface area contributed by atoms with E-state index in [1.165, 1.54) is 16.9 Å². The molecule has 2 aromatic carbocycles. The van der Waals surface area contributed by atoms with Gasteiger partial charge in [-0.15, -0.1) is 10.2 Å². The first-order valence-corrected chi connectivity index (χ1v) is 7.10. The van der Waals surface area contributed by atoms with Gasteiger partial charge in [-0.25, -0.2) is 0 Å². The second-order valence-electron chi connectivity index (χ2n) is 5.20. The van der Waals surface area contributed by atoms with Gasteiger partial charge in [0.25, 0.3) is 0 Å². The van der Waals surface area contributed by atoms with Crippen molar-refractivity contribution < 1.29 is 18.3 Å². The molecule has 1 aromatic heterocycles. The zero-order valence-electron chi connectivity index (χ0n) is 12.4. The van der Waals surface area contributed by atoms with Crippen LogP contribution in [0.25, 0.3) is 11.4 Å². The van der Waals surface area contributed by atoms with Gasteiger partial charge in [0.2, 0.25) is 5.82 Å². The fourth-order valence-electron chi connectivity index (χ4n) is 2.17. The van der Waals surface area contributed by atoms with Gasteiger partial charge >= 0.3 is 6.18 Å². The predicted octanol–water partition coefficient (Wildman–Crippen LogP) is 2.90. The number of aliphatic hydroxyl groups excluding tert-OH is 1. The second kappa shape index (κ2) is 6.40. The summed E-state index contributed by atoms with van der Waals surface area (Å²) in [7, 11) is 0. The van der Waals surface area contributed by atoms with Crippen LogP contribution in [0.5, 0.6) is 0 Å². The molecular formula is C16H13F3N4O. The highest BCUT2D eigenvalue weighted by Gasteiger charge is 2.30. The van der Waals surface area contributed by atoms with Gasteiger partial charge < -0.3 is 5.11 Å². The topological polar surface area (TPSA) is 63.8 Å². The molecule has 0 fully saturated rings. The lowest BCUT2D eigenvalue weighted by molar-refractivity contribution is -0.137. The monoisotopic (exact) mass is 334 g/mol. The van der Waals surface area contributed by atoms with Crippen molar-refractivity contribution in [3.63, 3.8) is 0 Å². The van der Waals surface area contributed by atoms with Crippen LogP contribution in [0.2, 0.25) is 0 Å². The van der Waals surface area contributed by atoms with E-state index in [4.69, 9.17) is 5.11 Å². The fourth-order valence-corrected chi connectivity index (χ4v) is 2.17. The number of tetrazole rings is 1. The van der Waals surface area contributed by atoms with Gasteiger partial charge in [0.05, 0.1) is 18.7 Å². The van der Waals surface area contributed by atoms with Gasteiger partial charge in [-0.1, -0.05) is 36.4 Å². The zero-order valence-corrected chi connectivity index (χ0v) is 12.4. The van der Waals surface area contributed by atoms with E-state index in [2.05, 4.69) is 15.4 Å². The zero-order chi connectivity index (χ0) is 17.2. The third kappa shape index (κ3) is 3.60. The summed E-state index contributed by atoms with van der Waals surface area (Å²) in [6.45, 7) is 0.291. The van der Waals surface area contributed by atoms with Crippen LogP contribution in [0, 0.1) is 0 Å². The Morgan fingerprint density at radius 1 is 1.00 bits per heavy atom. The van der Waals surface area contributed by atoms with E-state index in [0.29, 0.717) is 6.54 Å². The minimum absolute atomic E-state index is 0.0401. The Morgan fingerprint density at radius 2 is 1.71 bits per heavy atom. The minimum atomic E-state index is -4.42. The summed E-state index contributed by atoms with van der Waals surface area (Å²) in [5.74, 6) is 0.132. The number of nitrogens with zero attached hydrogens (tertiary/aromatic N) is 4. The summed E-state index contributed by atoms with van der Waals surface area (Å²) in [4.78, 5) is 1.31. The first-order valence-electron chi connectivity index (χ1n) is 7.10. The quantitative estimate of drug-likeness (QED) is 0.797. The highest BCUT2D eigenvalue weighted by molar-refractivity contribution is 5.55. The molecule has 0 saturated carbocycles. The molecule has 3 aromatic rings. The SMILES string of the molecule is OCc1ccc(Cn2nnc(-c3cccc(C(F)(F)F)c3)n2)cc1. The van der Waals surface area contributed by atoms with Crippen molar-refractivity contribution >= 4 is 0 Å². The fraction of sp³-hybridized carbons (Fsp3) is 0.188. The lowest BCUT2D eigenvalue weighted by Crippen LogP contribution is -2.05. The van der Waals surface area contributed by atoms with Crippen LogP contribution in [0.3, 0.4) is 0 Å². The first-order chi connectivity index (χ1) is 11.5. The Morgan fingerprint density at radius 3 is 2.38 bits per heavy atom. The van der Waals surface area contributed by atoms with Crippen molar-refractivity contribution in [1.29, 1.82) is 0 Å². The molecule has 1 N–H and O–H groups in total. The van der Waals surface area contributed by atoms with Crippen LogP contribution >= 0.6 is 0 Å². The van der Waals surface area contributed by atoms with E-state index in [1.54, 1.807) is 12.1 Å². The molecule has 0 aliphatic heterocycles. The lowest BCUT2D eigenvalue weighted by Gasteiger charge is -2.06. The average molecular weight is 334 g/mol. The Labute approximate surface area is 135 Å². The van der Waals surface area contributed by atoms with Crippen LogP contribution in [-0.4, -0.2) is 25.3 Å². The summed E-state index contributed by atoms with van der Waals surface area (Å²) >= 11 is 0. The molecule has 0 spiro atoms. The normalized spacial score (nSPS) is 11.7. The smallest absolute Gasteiger partial charge is 0.392 e. The lowest BCUT2D eigenvalue weighted by atomic mass is 10.1. The molecule has 0 atom stereocenters. The highest BCUT2D eigenvalue weighted by atomic mass is 19.4. The number of alkyl halides is 3. The summed E-state index contributed by atoms with van der Waals surface area (Å²) in [6.07, 6.45) is -4.42. The summed E-state index contributed by atoms with van der Waals surface area (Å²) in [5.41, 5.74) is 1.18. The van der Waals surface area contributed by atoms with Gasteiger partial charge in [-0.3, -0.25) is 0 Å². The molecule has 1 heterocycles. The van der Waals surface area contributed by atoms with E-state index < -0.39 is 11.7 Å². The van der Waals surface area contributed by atoms with Gasteiger partial charge in [-0.05, 0) is 28.5 Å². The standard InChI is InChI=1S/C16H13F3N4O/c17-16(18,19)14-3-1-2-13(8-14)15-20-22-23(21-15)9-11-4-6-12(10-24)7-5-11/h1-8,24H,9-10H2. The van der Waals surface area contributed by atoms with E-state index in [1.807, 2.05) is 12.1 Å². The number of rotatable bonds is 4. The molecule has 5 nitrogen and oxygen atoms in total. The Hall–Kier alpha value is -2.74. The van der Waals surface area contributed by atoms with Gasteiger partial charge in [0.15, 0.2) is 0 Å². The van der Waals surface area contributed by atoms with E-state index in [9.17, 15) is 13.2 Å². The summed E-state index contributed by atoms with van der Waals surface area (Å²) in [5, 5.41) is 20.8. The highest BCUT2D eigenvalue weighted by Crippen LogP contribution is 2.31. The maximum absolute atomic E-state index is 12.8. The van der Waals surface area contributed by atoms with Crippen molar-refractivity contribution in [3.8, 4) is 11.4 Å². The maximum atomic E-state index is 12.8. The van der Waals surface area contributed by atoms with Crippen molar-refractivity contribution in [3.05, 3.63) is 65.2 Å². The molecule has 0 amide bonds. The molecule has 0 bridgehead atoms. The average Bonchev–Trinajstić information content (AvgIpc) is 3.03. The third-order valence-corrected chi connectivity index (χ3v) is 3.43. The van der Waals surface area contributed by atoms with E-state index >= 15 is 0 Å².